The highest BCUT2D eigenvalue weighted by Crippen LogP contribution is 2.38. The molecule has 0 bridgehead atoms. The van der Waals surface area contributed by atoms with Crippen molar-refractivity contribution >= 4 is 67.6 Å². The molecular formula is C21H19ClN4O3S2. The maximum absolute atomic E-state index is 13.1. The van der Waals surface area contributed by atoms with Crippen molar-refractivity contribution in [3.05, 3.63) is 68.0 Å². The monoisotopic (exact) mass is 474 g/mol. The van der Waals surface area contributed by atoms with E-state index in [4.69, 9.17) is 23.8 Å². The molecule has 160 valence electrons. The summed E-state index contributed by atoms with van der Waals surface area (Å²) in [5, 5.41) is 15.9. The topological polar surface area (TPSA) is 78.7 Å². The molecule has 1 aromatic heterocycles. The number of hydrogen-bond acceptors (Lipinski definition) is 5. The Kier molecular flexibility index (Phi) is 6.08. The van der Waals surface area contributed by atoms with E-state index in [2.05, 4.69) is 5.32 Å². The number of halogens is 1. The first-order valence-corrected chi connectivity index (χ1v) is 11.2. The Morgan fingerprint density at radius 3 is 2.55 bits per heavy atom. The zero-order valence-electron chi connectivity index (χ0n) is 16.6. The number of nitrogens with zero attached hydrogens (tertiary/aromatic N) is 3. The molecule has 0 atom stereocenters. The molecule has 10 heteroatoms. The van der Waals surface area contributed by atoms with Crippen LogP contribution in [0.15, 0.2) is 42.5 Å². The van der Waals surface area contributed by atoms with Gasteiger partial charge in [0.25, 0.3) is 11.6 Å². The molecule has 0 unspecified atom stereocenters. The molecule has 0 aliphatic carbocycles. The molecule has 1 N–H and O–H groups in total. The number of non-ortho nitro benzene ring substituents is 1. The van der Waals surface area contributed by atoms with Gasteiger partial charge in [0, 0.05) is 54.1 Å². The van der Waals surface area contributed by atoms with Gasteiger partial charge in [0.1, 0.15) is 4.88 Å². The maximum Gasteiger partial charge on any atom is 0.270 e. The molecule has 0 radical (unpaired) electrons. The lowest BCUT2D eigenvalue weighted by Crippen LogP contribution is -2.51. The Labute approximate surface area is 193 Å². The van der Waals surface area contributed by atoms with E-state index in [0.29, 0.717) is 51.3 Å². The molecule has 1 amide bonds. The Morgan fingerprint density at radius 1 is 1.16 bits per heavy atom. The lowest BCUT2D eigenvalue weighted by Gasteiger charge is -2.36. The first-order valence-electron chi connectivity index (χ1n) is 9.62. The van der Waals surface area contributed by atoms with Crippen molar-refractivity contribution in [2.24, 2.45) is 0 Å². The second-order valence-electron chi connectivity index (χ2n) is 7.26. The summed E-state index contributed by atoms with van der Waals surface area (Å²) >= 11 is 13.2. The largest absolute Gasteiger partial charge is 0.345 e. The van der Waals surface area contributed by atoms with Crippen LogP contribution in [0.25, 0.3) is 10.1 Å². The van der Waals surface area contributed by atoms with Crippen molar-refractivity contribution < 1.29 is 9.72 Å². The standard InChI is InChI=1S/C21H19ClN4O3S2/c1-13-3-2-4-14(11-13)23-21(30)25-9-7-24(8-10-25)20(27)19-18(22)16-6-5-15(26(28)29)12-17(16)31-19/h2-6,11-12H,7-10H2,1H3,(H,23,30). The van der Waals surface area contributed by atoms with Crippen LogP contribution in [0.2, 0.25) is 5.02 Å². The average molecular weight is 475 g/mol. The quantitative estimate of drug-likeness (QED) is 0.329. The number of carbonyl (C=O) groups excluding carboxylic acids is 1. The molecular weight excluding hydrogens is 456 g/mol. The number of anilines is 1. The Morgan fingerprint density at radius 2 is 1.87 bits per heavy atom. The fourth-order valence-corrected chi connectivity index (χ4v) is 5.30. The summed E-state index contributed by atoms with van der Waals surface area (Å²) in [4.78, 5) is 27.8. The van der Waals surface area contributed by atoms with Crippen LogP contribution in [0.5, 0.6) is 0 Å². The summed E-state index contributed by atoms with van der Waals surface area (Å²) in [5.74, 6) is -0.161. The van der Waals surface area contributed by atoms with Gasteiger partial charge in [-0.3, -0.25) is 14.9 Å². The highest BCUT2D eigenvalue weighted by Gasteiger charge is 2.27. The van der Waals surface area contributed by atoms with E-state index in [1.165, 1.54) is 23.5 Å². The lowest BCUT2D eigenvalue weighted by molar-refractivity contribution is -0.384. The number of fused-ring (bicyclic) bond motifs is 1. The van der Waals surface area contributed by atoms with E-state index in [1.54, 1.807) is 11.0 Å². The number of hydrogen-bond donors (Lipinski definition) is 1. The number of piperazine rings is 1. The Balaban J connectivity index is 1.43. The van der Waals surface area contributed by atoms with Gasteiger partial charge < -0.3 is 15.1 Å². The third-order valence-corrected chi connectivity index (χ3v) is 7.15. The second kappa shape index (κ2) is 8.78. The molecule has 7 nitrogen and oxygen atoms in total. The smallest absolute Gasteiger partial charge is 0.270 e. The predicted octanol–water partition coefficient (Wildman–Crippen LogP) is 4.93. The normalized spacial score (nSPS) is 14.0. The van der Waals surface area contributed by atoms with Gasteiger partial charge in [0.05, 0.1) is 9.95 Å². The number of nitrogens with one attached hydrogen (secondary N) is 1. The molecule has 31 heavy (non-hydrogen) atoms. The van der Waals surface area contributed by atoms with Crippen molar-refractivity contribution in [3.8, 4) is 0 Å². The van der Waals surface area contributed by atoms with Crippen LogP contribution >= 0.6 is 35.2 Å². The molecule has 0 spiro atoms. The van der Waals surface area contributed by atoms with E-state index in [9.17, 15) is 14.9 Å². The molecule has 4 rings (SSSR count). The first kappa shape index (κ1) is 21.5. The minimum atomic E-state index is -0.457. The second-order valence-corrected chi connectivity index (χ2v) is 9.08. The third-order valence-electron chi connectivity index (χ3n) is 5.14. The van der Waals surface area contributed by atoms with Gasteiger partial charge in [-0.1, -0.05) is 23.7 Å². The predicted molar refractivity (Wildman–Crippen MR) is 128 cm³/mol. The Bertz CT molecular complexity index is 1190. The first-order chi connectivity index (χ1) is 14.8. The van der Waals surface area contributed by atoms with E-state index in [-0.39, 0.29) is 11.6 Å². The summed E-state index contributed by atoms with van der Waals surface area (Å²) in [5.41, 5.74) is 2.07. The van der Waals surface area contributed by atoms with E-state index < -0.39 is 4.92 Å². The summed E-state index contributed by atoms with van der Waals surface area (Å²) < 4.78 is 0.629. The van der Waals surface area contributed by atoms with Crippen LogP contribution in [-0.2, 0) is 0 Å². The van der Waals surface area contributed by atoms with Gasteiger partial charge in [-0.2, -0.15) is 0 Å². The average Bonchev–Trinajstić information content (AvgIpc) is 3.09. The van der Waals surface area contributed by atoms with Gasteiger partial charge in [-0.25, -0.2) is 0 Å². The number of nitro groups is 1. The van der Waals surface area contributed by atoms with Crippen LogP contribution in [0, 0.1) is 17.0 Å². The van der Waals surface area contributed by atoms with Crippen LogP contribution in [0.4, 0.5) is 11.4 Å². The molecule has 1 fully saturated rings. The fraction of sp³-hybridized carbons (Fsp3) is 0.238. The zero-order chi connectivity index (χ0) is 22.1. The fourth-order valence-electron chi connectivity index (χ4n) is 3.49. The summed E-state index contributed by atoms with van der Waals surface area (Å²) in [6, 6.07) is 12.4. The van der Waals surface area contributed by atoms with Crippen LogP contribution < -0.4 is 5.32 Å². The molecule has 3 aromatic rings. The number of aryl methyl sites for hydroxylation is 1. The van der Waals surface area contributed by atoms with Crippen LogP contribution in [0.1, 0.15) is 15.2 Å². The number of thiophene rings is 1. The number of benzene rings is 2. The molecule has 2 heterocycles. The van der Waals surface area contributed by atoms with Crippen LogP contribution in [-0.4, -0.2) is 51.9 Å². The molecule has 2 aromatic carbocycles. The van der Waals surface area contributed by atoms with Gasteiger partial charge in [-0.05, 0) is 42.9 Å². The van der Waals surface area contributed by atoms with Gasteiger partial charge in [-0.15, -0.1) is 11.3 Å². The summed E-state index contributed by atoms with van der Waals surface area (Å²) in [7, 11) is 0. The molecule has 1 saturated heterocycles. The minimum Gasteiger partial charge on any atom is -0.345 e. The number of thiocarbonyl (C=S) groups is 1. The van der Waals surface area contributed by atoms with Crippen molar-refractivity contribution in [3.63, 3.8) is 0 Å². The van der Waals surface area contributed by atoms with Crippen molar-refractivity contribution in [2.75, 3.05) is 31.5 Å². The number of carbonyl (C=O) groups is 1. The van der Waals surface area contributed by atoms with E-state index in [0.717, 1.165) is 11.3 Å². The van der Waals surface area contributed by atoms with E-state index >= 15 is 0 Å². The van der Waals surface area contributed by atoms with Gasteiger partial charge in [0.15, 0.2) is 5.11 Å². The molecule has 0 saturated carbocycles. The van der Waals surface area contributed by atoms with Crippen molar-refractivity contribution in [1.29, 1.82) is 0 Å². The maximum atomic E-state index is 13.1. The van der Waals surface area contributed by atoms with Crippen molar-refractivity contribution in [2.45, 2.75) is 6.92 Å². The number of nitro benzene ring substituents is 1. The SMILES string of the molecule is Cc1cccc(NC(=S)N2CCN(C(=O)c3sc4cc([N+](=O)[O-])ccc4c3Cl)CC2)c1. The zero-order valence-corrected chi connectivity index (χ0v) is 19.0. The highest BCUT2D eigenvalue weighted by molar-refractivity contribution is 7.80. The third kappa shape index (κ3) is 4.48. The Hall–Kier alpha value is -2.75. The molecule has 1 aliphatic rings. The minimum absolute atomic E-state index is 0.0207. The summed E-state index contributed by atoms with van der Waals surface area (Å²) in [6.45, 7) is 4.27. The lowest BCUT2D eigenvalue weighted by atomic mass is 10.2. The van der Waals surface area contributed by atoms with E-state index in [1.807, 2.05) is 36.1 Å². The molecule has 1 aliphatic heterocycles. The number of rotatable bonds is 3. The highest BCUT2D eigenvalue weighted by atomic mass is 35.5. The number of amides is 1. The van der Waals surface area contributed by atoms with Gasteiger partial charge in [0.2, 0.25) is 0 Å². The summed E-state index contributed by atoms with van der Waals surface area (Å²) in [6.07, 6.45) is 0. The van der Waals surface area contributed by atoms with Crippen molar-refractivity contribution in [1.82, 2.24) is 9.80 Å². The van der Waals surface area contributed by atoms with Crippen LogP contribution in [0.3, 0.4) is 0 Å². The van der Waals surface area contributed by atoms with Gasteiger partial charge >= 0.3 is 0 Å².